The van der Waals surface area contributed by atoms with Crippen molar-refractivity contribution in [3.63, 3.8) is 0 Å². The van der Waals surface area contributed by atoms with E-state index in [0.29, 0.717) is 40.0 Å². The van der Waals surface area contributed by atoms with Gasteiger partial charge in [0.05, 0.1) is 22.4 Å². The molecule has 0 amide bonds. The monoisotopic (exact) mass is 680 g/mol. The molecule has 6 rings (SSSR count). The third-order valence-electron chi connectivity index (χ3n) is 7.53. The summed E-state index contributed by atoms with van der Waals surface area (Å²) in [7, 11) is 1.63. The van der Waals surface area contributed by atoms with Crippen LogP contribution in [0.4, 0.5) is 11.4 Å². The van der Waals surface area contributed by atoms with Crippen LogP contribution in [0.3, 0.4) is 0 Å². The lowest BCUT2D eigenvalue weighted by Gasteiger charge is -2.37. The number of fused-ring (bicyclic) bond motifs is 3. The average Bonchev–Trinajstić information content (AvgIpc) is 3.46. The molecule has 0 spiro atoms. The molecule has 2 aliphatic rings. The van der Waals surface area contributed by atoms with Gasteiger partial charge in [0.25, 0.3) is 0 Å². The Bertz CT molecular complexity index is 1600. The number of methoxy groups -OCH3 is 1. The third-order valence-corrected chi connectivity index (χ3v) is 8.91. The van der Waals surface area contributed by atoms with Crippen LogP contribution < -0.4 is 14.8 Å². The van der Waals surface area contributed by atoms with E-state index < -0.39 is 0 Å². The van der Waals surface area contributed by atoms with Crippen molar-refractivity contribution in [2.24, 2.45) is 10.9 Å². The number of hydrogen-bond donors (Lipinski definition) is 1. The number of hydrogen-bond acceptors (Lipinski definition) is 4. The molecule has 4 nitrogen and oxygen atoms in total. The molecule has 0 saturated heterocycles. The van der Waals surface area contributed by atoms with Crippen molar-refractivity contribution in [3.8, 4) is 11.5 Å². The Morgan fingerprint density at radius 3 is 2.65 bits per heavy atom. The van der Waals surface area contributed by atoms with E-state index in [1.165, 1.54) is 16.8 Å². The number of benzene rings is 4. The topological polar surface area (TPSA) is 42.8 Å². The van der Waals surface area contributed by atoms with Crippen molar-refractivity contribution < 1.29 is 9.47 Å². The number of ether oxygens (including phenoxy) is 2. The van der Waals surface area contributed by atoms with E-state index in [1.54, 1.807) is 19.2 Å². The van der Waals surface area contributed by atoms with Crippen LogP contribution in [0.25, 0.3) is 0 Å². The van der Waals surface area contributed by atoms with Crippen molar-refractivity contribution in [1.29, 1.82) is 0 Å². The van der Waals surface area contributed by atoms with Gasteiger partial charge in [0.2, 0.25) is 0 Å². The van der Waals surface area contributed by atoms with Crippen molar-refractivity contribution in [3.05, 3.63) is 127 Å². The Labute approximate surface area is 258 Å². The maximum atomic E-state index is 6.31. The zero-order valence-electron chi connectivity index (χ0n) is 21.8. The van der Waals surface area contributed by atoms with E-state index in [1.807, 2.05) is 24.4 Å². The molecule has 1 aliphatic heterocycles. The van der Waals surface area contributed by atoms with Crippen LogP contribution in [0.1, 0.15) is 40.6 Å². The predicted octanol–water partition coefficient (Wildman–Crippen LogP) is 9.76. The number of aliphatic imine (C=N–C) groups is 1. The molecule has 7 heteroatoms. The van der Waals surface area contributed by atoms with Crippen molar-refractivity contribution >= 4 is 63.4 Å². The lowest BCUT2D eigenvalue weighted by atomic mass is 9.77. The van der Waals surface area contributed by atoms with E-state index in [-0.39, 0.29) is 6.04 Å². The molecule has 4 aromatic rings. The van der Waals surface area contributed by atoms with Gasteiger partial charge in [-0.3, -0.25) is 4.99 Å². The third kappa shape index (κ3) is 5.60. The fraction of sp³-hybridized carbons (Fsp3) is 0.182. The van der Waals surface area contributed by atoms with Crippen LogP contribution in [0.5, 0.6) is 11.5 Å². The average molecular weight is 681 g/mol. The minimum Gasteiger partial charge on any atom is -0.493 e. The summed E-state index contributed by atoms with van der Waals surface area (Å²) >= 11 is 14.6. The summed E-state index contributed by atoms with van der Waals surface area (Å²) in [6.45, 7) is 0.307. The molecule has 40 heavy (non-hydrogen) atoms. The predicted molar refractivity (Wildman–Crippen MR) is 173 cm³/mol. The maximum Gasteiger partial charge on any atom is 0.174 e. The zero-order chi connectivity index (χ0) is 27.6. The SMILES string of the molecule is COc1cc(C=Nc2ccc([C@@H]3Nc4ccccc4[C@@H]4C=CC[C@H]43)cc2)cc(I)c1OCc1ccc(Cl)cc1Cl. The number of nitrogens with zero attached hydrogens (tertiary/aromatic N) is 1. The van der Waals surface area contributed by atoms with Crippen LogP contribution in [-0.4, -0.2) is 13.3 Å². The van der Waals surface area contributed by atoms with Crippen molar-refractivity contribution in [1.82, 2.24) is 0 Å². The fourth-order valence-electron chi connectivity index (χ4n) is 5.53. The van der Waals surface area contributed by atoms with E-state index in [0.717, 1.165) is 26.8 Å². The van der Waals surface area contributed by atoms with Gasteiger partial charge < -0.3 is 14.8 Å². The highest BCUT2D eigenvalue weighted by molar-refractivity contribution is 14.1. The van der Waals surface area contributed by atoms with E-state index >= 15 is 0 Å². The Morgan fingerprint density at radius 2 is 1.85 bits per heavy atom. The molecule has 0 fully saturated rings. The molecular formula is C33H27Cl2IN2O2. The summed E-state index contributed by atoms with van der Waals surface area (Å²) in [4.78, 5) is 4.74. The van der Waals surface area contributed by atoms with Gasteiger partial charge in [-0.25, -0.2) is 0 Å². The van der Waals surface area contributed by atoms with Gasteiger partial charge in [-0.2, -0.15) is 0 Å². The number of nitrogens with one attached hydrogen (secondary N) is 1. The van der Waals surface area contributed by atoms with E-state index in [2.05, 4.69) is 88.6 Å². The van der Waals surface area contributed by atoms with Crippen LogP contribution in [0.15, 0.2) is 96.0 Å². The highest BCUT2D eigenvalue weighted by Crippen LogP contribution is 2.49. The maximum absolute atomic E-state index is 6.31. The van der Waals surface area contributed by atoms with Crippen LogP contribution in [0.2, 0.25) is 10.0 Å². The lowest BCUT2D eigenvalue weighted by molar-refractivity contribution is 0.282. The highest BCUT2D eigenvalue weighted by atomic mass is 127. The van der Waals surface area contributed by atoms with Crippen LogP contribution >= 0.6 is 45.8 Å². The molecular weight excluding hydrogens is 654 g/mol. The molecule has 1 N–H and O–H groups in total. The van der Waals surface area contributed by atoms with Gasteiger partial charge in [-0.1, -0.05) is 71.8 Å². The molecule has 1 aliphatic carbocycles. The number of anilines is 1. The summed E-state index contributed by atoms with van der Waals surface area (Å²) in [5.74, 6) is 2.29. The quantitative estimate of drug-likeness (QED) is 0.120. The number of allylic oxidation sites excluding steroid dienone is 2. The molecule has 202 valence electrons. The number of halogens is 3. The first-order valence-electron chi connectivity index (χ1n) is 13.1. The van der Waals surface area contributed by atoms with E-state index in [9.17, 15) is 0 Å². The second kappa shape index (κ2) is 11.9. The van der Waals surface area contributed by atoms with Gasteiger partial charge >= 0.3 is 0 Å². The first kappa shape index (κ1) is 27.2. The molecule has 1 heterocycles. The van der Waals surface area contributed by atoms with Gasteiger partial charge in [0.15, 0.2) is 11.5 Å². The molecule has 0 saturated carbocycles. The number of para-hydroxylation sites is 1. The molecule has 0 radical (unpaired) electrons. The Kier molecular flexibility index (Phi) is 8.05. The molecule has 0 aromatic heterocycles. The molecule has 0 unspecified atom stereocenters. The normalized spacial score (nSPS) is 19.2. The molecule has 3 atom stereocenters. The second-order valence-corrected chi connectivity index (χ2v) is 12.0. The fourth-order valence-corrected chi connectivity index (χ4v) is 6.78. The minimum absolute atomic E-state index is 0.272. The van der Waals surface area contributed by atoms with Gasteiger partial charge in [-0.05, 0) is 94.1 Å². The van der Waals surface area contributed by atoms with Gasteiger partial charge in [0.1, 0.15) is 6.61 Å². The highest BCUT2D eigenvalue weighted by Gasteiger charge is 2.37. The lowest BCUT2D eigenvalue weighted by Crippen LogP contribution is -2.28. The first-order chi connectivity index (χ1) is 19.5. The molecule has 4 aromatic carbocycles. The van der Waals surface area contributed by atoms with Gasteiger partial charge in [-0.15, -0.1) is 0 Å². The summed E-state index contributed by atoms with van der Waals surface area (Å²) in [5.41, 5.74) is 6.58. The van der Waals surface area contributed by atoms with Crippen LogP contribution in [0, 0.1) is 9.49 Å². The van der Waals surface area contributed by atoms with E-state index in [4.69, 9.17) is 37.7 Å². The minimum atomic E-state index is 0.272. The largest absolute Gasteiger partial charge is 0.493 e. The Morgan fingerprint density at radius 1 is 1.02 bits per heavy atom. The summed E-state index contributed by atoms with van der Waals surface area (Å²) in [6, 6.07) is 26.8. The first-order valence-corrected chi connectivity index (χ1v) is 14.9. The zero-order valence-corrected chi connectivity index (χ0v) is 25.5. The molecule has 0 bridgehead atoms. The van der Waals surface area contributed by atoms with Crippen LogP contribution in [-0.2, 0) is 6.61 Å². The number of rotatable bonds is 7. The Balaban J connectivity index is 1.17. The smallest absolute Gasteiger partial charge is 0.174 e. The van der Waals surface area contributed by atoms with Crippen molar-refractivity contribution in [2.75, 3.05) is 12.4 Å². The summed E-state index contributed by atoms with van der Waals surface area (Å²) < 4.78 is 12.7. The summed E-state index contributed by atoms with van der Waals surface area (Å²) in [6.07, 6.45) is 7.63. The van der Waals surface area contributed by atoms with Gasteiger partial charge in [0, 0.05) is 33.4 Å². The second-order valence-electron chi connectivity index (χ2n) is 9.97. The summed E-state index contributed by atoms with van der Waals surface area (Å²) in [5, 5.41) is 4.96. The van der Waals surface area contributed by atoms with Crippen molar-refractivity contribution in [2.45, 2.75) is 25.0 Å². The standard InChI is InChI=1S/C33H27Cl2IN2O2/c1-39-31-16-20(15-29(36)33(31)40-19-22-9-12-23(34)17-28(22)35)18-37-24-13-10-21(11-14-24)32-27-7-4-6-25(27)26-5-2-3-8-30(26)38-32/h2-6,8-18,25,27,32,38H,7,19H2,1H3/t25-,27+,32-/m0/s1. The Hall–Kier alpha value is -3.00.